The maximum absolute atomic E-state index is 13.5. The van der Waals surface area contributed by atoms with Crippen LogP contribution in [0, 0.1) is 11.6 Å². The highest BCUT2D eigenvalue weighted by Gasteiger charge is 2.18. The van der Waals surface area contributed by atoms with Crippen molar-refractivity contribution in [2.45, 2.75) is 32.2 Å². The van der Waals surface area contributed by atoms with Crippen molar-refractivity contribution in [3.63, 3.8) is 0 Å². The smallest absolute Gasteiger partial charge is 0.193 e. The third-order valence-electron chi connectivity index (χ3n) is 3.62. The van der Waals surface area contributed by atoms with Gasteiger partial charge in [0.15, 0.2) is 5.96 Å². The third kappa shape index (κ3) is 3.08. The van der Waals surface area contributed by atoms with Crippen LogP contribution in [0.1, 0.15) is 29.9 Å². The molecule has 7 heteroatoms. The van der Waals surface area contributed by atoms with E-state index in [1.54, 1.807) is 0 Å². The SMILES string of the molecule is NC(=NCc1noc2c1CCCC2)Nc1cc(F)ccc1F. The quantitative estimate of drug-likeness (QED) is 0.675. The summed E-state index contributed by atoms with van der Waals surface area (Å²) < 4.78 is 31.9. The van der Waals surface area contributed by atoms with Gasteiger partial charge >= 0.3 is 0 Å². The van der Waals surface area contributed by atoms with Gasteiger partial charge in [-0.2, -0.15) is 0 Å². The topological polar surface area (TPSA) is 76.4 Å². The minimum Gasteiger partial charge on any atom is -0.370 e. The molecule has 0 bridgehead atoms. The maximum atomic E-state index is 13.5. The Hall–Kier alpha value is -2.44. The normalized spacial score (nSPS) is 14.7. The molecule has 116 valence electrons. The summed E-state index contributed by atoms with van der Waals surface area (Å²) in [6.45, 7) is 0.245. The van der Waals surface area contributed by atoms with Crippen LogP contribution in [0.5, 0.6) is 0 Å². The van der Waals surface area contributed by atoms with Gasteiger partial charge in [-0.3, -0.25) is 0 Å². The lowest BCUT2D eigenvalue weighted by atomic mass is 9.96. The number of aryl methyl sites for hydroxylation is 1. The summed E-state index contributed by atoms with van der Waals surface area (Å²) in [6.07, 6.45) is 4.03. The first kappa shape index (κ1) is 14.5. The first-order valence-corrected chi connectivity index (χ1v) is 7.12. The van der Waals surface area contributed by atoms with E-state index in [9.17, 15) is 8.78 Å². The van der Waals surface area contributed by atoms with Crippen LogP contribution in [0.2, 0.25) is 0 Å². The molecule has 0 saturated heterocycles. The molecule has 0 atom stereocenters. The van der Waals surface area contributed by atoms with Gasteiger partial charge in [-0.05, 0) is 31.4 Å². The van der Waals surface area contributed by atoms with E-state index in [4.69, 9.17) is 10.3 Å². The van der Waals surface area contributed by atoms with Crippen LogP contribution in [-0.4, -0.2) is 11.1 Å². The van der Waals surface area contributed by atoms with E-state index in [1.165, 1.54) is 0 Å². The summed E-state index contributed by atoms with van der Waals surface area (Å²) in [5.41, 5.74) is 7.50. The van der Waals surface area contributed by atoms with E-state index in [1.807, 2.05) is 0 Å². The second kappa shape index (κ2) is 6.13. The summed E-state index contributed by atoms with van der Waals surface area (Å²) in [6, 6.07) is 3.09. The summed E-state index contributed by atoms with van der Waals surface area (Å²) in [5, 5.41) is 6.56. The van der Waals surface area contributed by atoms with Gasteiger partial charge in [-0.15, -0.1) is 0 Å². The minimum atomic E-state index is -0.599. The second-order valence-corrected chi connectivity index (χ2v) is 5.19. The van der Waals surface area contributed by atoms with Crippen molar-refractivity contribution in [1.29, 1.82) is 0 Å². The largest absolute Gasteiger partial charge is 0.370 e. The molecule has 1 heterocycles. The molecule has 1 aliphatic carbocycles. The Bertz CT molecular complexity index is 712. The number of fused-ring (bicyclic) bond motifs is 1. The molecule has 0 amide bonds. The van der Waals surface area contributed by atoms with Gasteiger partial charge < -0.3 is 15.6 Å². The van der Waals surface area contributed by atoms with Crippen LogP contribution < -0.4 is 11.1 Å². The zero-order valence-corrected chi connectivity index (χ0v) is 11.9. The fourth-order valence-electron chi connectivity index (χ4n) is 2.50. The molecular formula is C15H16F2N4O. The average molecular weight is 306 g/mol. The Labute approximate surface area is 126 Å². The fourth-order valence-corrected chi connectivity index (χ4v) is 2.50. The van der Waals surface area contributed by atoms with Crippen molar-refractivity contribution in [3.8, 4) is 0 Å². The number of aromatic nitrogens is 1. The Morgan fingerprint density at radius 2 is 2.14 bits per heavy atom. The predicted octanol–water partition coefficient (Wildman–Crippen LogP) is 2.76. The van der Waals surface area contributed by atoms with Crippen molar-refractivity contribution < 1.29 is 13.3 Å². The first-order valence-electron chi connectivity index (χ1n) is 7.12. The van der Waals surface area contributed by atoms with Crippen LogP contribution in [0.25, 0.3) is 0 Å². The molecule has 22 heavy (non-hydrogen) atoms. The van der Waals surface area contributed by atoms with E-state index < -0.39 is 11.6 Å². The summed E-state index contributed by atoms with van der Waals surface area (Å²) in [4.78, 5) is 4.11. The van der Waals surface area contributed by atoms with E-state index in [-0.39, 0.29) is 18.2 Å². The number of hydrogen-bond acceptors (Lipinski definition) is 3. The molecule has 3 N–H and O–H groups in total. The Kier molecular flexibility index (Phi) is 4.04. The number of nitrogens with one attached hydrogen (secondary N) is 1. The van der Waals surface area contributed by atoms with Crippen LogP contribution in [0.4, 0.5) is 14.5 Å². The Balaban J connectivity index is 1.70. The third-order valence-corrected chi connectivity index (χ3v) is 3.62. The van der Waals surface area contributed by atoms with Gasteiger partial charge in [0.1, 0.15) is 23.1 Å². The van der Waals surface area contributed by atoms with Gasteiger partial charge in [0.25, 0.3) is 0 Å². The van der Waals surface area contributed by atoms with Crippen molar-refractivity contribution in [3.05, 3.63) is 46.9 Å². The highest BCUT2D eigenvalue weighted by atomic mass is 19.1. The van der Waals surface area contributed by atoms with Gasteiger partial charge in [-0.25, -0.2) is 13.8 Å². The lowest BCUT2D eigenvalue weighted by molar-refractivity contribution is 0.368. The molecule has 0 fully saturated rings. The van der Waals surface area contributed by atoms with Crippen molar-refractivity contribution in [1.82, 2.24) is 5.16 Å². The molecule has 3 rings (SSSR count). The molecule has 1 aromatic carbocycles. The number of rotatable bonds is 3. The molecule has 0 saturated carbocycles. The molecular weight excluding hydrogens is 290 g/mol. The number of nitrogens with two attached hydrogens (primary N) is 1. The fraction of sp³-hybridized carbons (Fsp3) is 0.333. The summed E-state index contributed by atoms with van der Waals surface area (Å²) >= 11 is 0. The van der Waals surface area contributed by atoms with E-state index in [2.05, 4.69) is 15.5 Å². The number of aliphatic imine (C=N–C) groups is 1. The average Bonchev–Trinajstić information content (AvgIpc) is 2.92. The van der Waals surface area contributed by atoms with Crippen LogP contribution >= 0.6 is 0 Å². The minimum absolute atomic E-state index is 0.00272. The van der Waals surface area contributed by atoms with Crippen LogP contribution in [0.3, 0.4) is 0 Å². The Morgan fingerprint density at radius 1 is 1.32 bits per heavy atom. The van der Waals surface area contributed by atoms with Crippen LogP contribution in [0.15, 0.2) is 27.7 Å². The molecule has 5 nitrogen and oxygen atoms in total. The lowest BCUT2D eigenvalue weighted by Gasteiger charge is -2.09. The van der Waals surface area contributed by atoms with E-state index in [0.717, 1.165) is 60.9 Å². The molecule has 1 aromatic heterocycles. The number of nitrogens with zero attached hydrogens (tertiary/aromatic N) is 2. The standard InChI is InChI=1S/C15H16F2N4O/c16-9-5-6-11(17)12(7-9)20-15(18)19-8-13-10-3-1-2-4-14(10)22-21-13/h5-7H,1-4,8H2,(H3,18,19,20). The lowest BCUT2D eigenvalue weighted by Crippen LogP contribution is -2.23. The van der Waals surface area contributed by atoms with Crippen molar-refractivity contribution >= 4 is 11.6 Å². The number of halogens is 2. The van der Waals surface area contributed by atoms with Gasteiger partial charge in [0.2, 0.25) is 0 Å². The predicted molar refractivity (Wildman–Crippen MR) is 78.5 cm³/mol. The molecule has 0 unspecified atom stereocenters. The Morgan fingerprint density at radius 3 is 3.00 bits per heavy atom. The van der Waals surface area contributed by atoms with Crippen molar-refractivity contribution in [2.75, 3.05) is 5.32 Å². The number of guanidine groups is 1. The van der Waals surface area contributed by atoms with E-state index in [0.29, 0.717) is 0 Å². The molecule has 0 spiro atoms. The molecule has 2 aromatic rings. The van der Waals surface area contributed by atoms with E-state index >= 15 is 0 Å². The first-order chi connectivity index (χ1) is 10.6. The zero-order chi connectivity index (χ0) is 15.5. The number of benzene rings is 1. The zero-order valence-electron chi connectivity index (χ0n) is 11.9. The summed E-state index contributed by atoms with van der Waals surface area (Å²) in [7, 11) is 0. The number of hydrogen-bond donors (Lipinski definition) is 2. The summed E-state index contributed by atoms with van der Waals surface area (Å²) in [5.74, 6) is -0.239. The van der Waals surface area contributed by atoms with Crippen LogP contribution in [-0.2, 0) is 19.4 Å². The van der Waals surface area contributed by atoms with Gasteiger partial charge in [0.05, 0.1) is 12.2 Å². The molecule has 1 aliphatic rings. The van der Waals surface area contributed by atoms with Gasteiger partial charge in [-0.1, -0.05) is 5.16 Å². The maximum Gasteiger partial charge on any atom is 0.193 e. The molecule has 0 radical (unpaired) electrons. The molecule has 0 aliphatic heterocycles. The van der Waals surface area contributed by atoms with Gasteiger partial charge in [0, 0.05) is 18.1 Å². The monoisotopic (exact) mass is 306 g/mol. The highest BCUT2D eigenvalue weighted by Crippen LogP contribution is 2.24. The van der Waals surface area contributed by atoms with Crippen molar-refractivity contribution in [2.24, 2.45) is 10.7 Å². The second-order valence-electron chi connectivity index (χ2n) is 5.19. The highest BCUT2D eigenvalue weighted by molar-refractivity contribution is 5.92. The number of anilines is 1.